The molecule has 1 N–H and O–H groups in total. The fraction of sp³-hybridized carbons (Fsp3) is 0.727. The van der Waals surface area contributed by atoms with Gasteiger partial charge >= 0.3 is 0 Å². The molecule has 14 heavy (non-hydrogen) atoms. The second-order valence-corrected chi connectivity index (χ2v) is 4.10. The molecule has 1 aromatic heterocycles. The van der Waals surface area contributed by atoms with E-state index in [9.17, 15) is 0 Å². The number of rotatable bonds is 6. The summed E-state index contributed by atoms with van der Waals surface area (Å²) in [6.07, 6.45) is 6.47. The van der Waals surface area contributed by atoms with Crippen molar-refractivity contribution in [3.05, 3.63) is 18.2 Å². The summed E-state index contributed by atoms with van der Waals surface area (Å²) in [5.74, 6) is 1.93. The molecule has 80 valence electrons. The van der Waals surface area contributed by atoms with Gasteiger partial charge in [-0.15, -0.1) is 0 Å². The van der Waals surface area contributed by atoms with E-state index in [4.69, 9.17) is 0 Å². The van der Waals surface area contributed by atoms with Crippen LogP contribution in [0.3, 0.4) is 0 Å². The third-order valence-electron chi connectivity index (χ3n) is 2.32. The van der Waals surface area contributed by atoms with E-state index < -0.39 is 0 Å². The van der Waals surface area contributed by atoms with Gasteiger partial charge in [0.1, 0.15) is 5.82 Å². The lowest BCUT2D eigenvalue weighted by atomic mass is 10.1. The van der Waals surface area contributed by atoms with Crippen LogP contribution in [0.4, 0.5) is 0 Å². The molecule has 3 heteroatoms. The van der Waals surface area contributed by atoms with Crippen LogP contribution in [0.2, 0.25) is 0 Å². The first-order valence-electron chi connectivity index (χ1n) is 5.38. The monoisotopic (exact) mass is 195 g/mol. The lowest BCUT2D eigenvalue weighted by molar-refractivity contribution is 0.500. The van der Waals surface area contributed by atoms with Gasteiger partial charge in [0, 0.05) is 18.9 Å². The number of hydrogen-bond acceptors (Lipinski definition) is 2. The van der Waals surface area contributed by atoms with Gasteiger partial charge in [-0.25, -0.2) is 4.98 Å². The normalized spacial score (nSPS) is 11.1. The summed E-state index contributed by atoms with van der Waals surface area (Å²) in [5.41, 5.74) is 0. The first kappa shape index (κ1) is 11.2. The van der Waals surface area contributed by atoms with E-state index in [0.29, 0.717) is 0 Å². The topological polar surface area (TPSA) is 29.9 Å². The van der Waals surface area contributed by atoms with Crippen molar-refractivity contribution in [2.75, 3.05) is 7.05 Å². The van der Waals surface area contributed by atoms with Gasteiger partial charge in [-0.05, 0) is 25.8 Å². The molecule has 0 unspecified atom stereocenters. The molecule has 0 fully saturated rings. The van der Waals surface area contributed by atoms with Crippen LogP contribution in [0.1, 0.15) is 32.5 Å². The Hall–Kier alpha value is -0.830. The van der Waals surface area contributed by atoms with Crippen molar-refractivity contribution >= 4 is 0 Å². The van der Waals surface area contributed by atoms with Gasteiger partial charge in [-0.1, -0.05) is 13.8 Å². The lowest BCUT2D eigenvalue weighted by Crippen LogP contribution is -2.12. The van der Waals surface area contributed by atoms with Crippen LogP contribution in [-0.2, 0) is 13.1 Å². The van der Waals surface area contributed by atoms with E-state index >= 15 is 0 Å². The summed E-state index contributed by atoms with van der Waals surface area (Å²) >= 11 is 0. The van der Waals surface area contributed by atoms with E-state index in [2.05, 4.69) is 34.9 Å². The SMILES string of the molecule is CNCc1nccn1CCCC(C)C. The highest BCUT2D eigenvalue weighted by Gasteiger charge is 2.01. The van der Waals surface area contributed by atoms with Gasteiger partial charge < -0.3 is 9.88 Å². The van der Waals surface area contributed by atoms with Crippen LogP contribution in [0.15, 0.2) is 12.4 Å². The highest BCUT2D eigenvalue weighted by Crippen LogP contribution is 2.06. The van der Waals surface area contributed by atoms with Gasteiger partial charge in [0.05, 0.1) is 6.54 Å². The van der Waals surface area contributed by atoms with Crippen LogP contribution in [-0.4, -0.2) is 16.6 Å². The summed E-state index contributed by atoms with van der Waals surface area (Å²) in [4.78, 5) is 4.30. The Labute approximate surface area is 86.5 Å². The van der Waals surface area contributed by atoms with Crippen molar-refractivity contribution in [1.29, 1.82) is 0 Å². The van der Waals surface area contributed by atoms with E-state index in [1.54, 1.807) is 0 Å². The van der Waals surface area contributed by atoms with Gasteiger partial charge in [0.15, 0.2) is 0 Å². The molecule has 0 saturated carbocycles. The average molecular weight is 195 g/mol. The number of imidazole rings is 1. The Morgan fingerprint density at radius 1 is 1.50 bits per heavy atom. The molecule has 0 bridgehead atoms. The quantitative estimate of drug-likeness (QED) is 0.752. The molecule has 0 radical (unpaired) electrons. The second kappa shape index (κ2) is 5.81. The van der Waals surface area contributed by atoms with Crippen molar-refractivity contribution < 1.29 is 0 Å². The Bertz CT molecular complexity index is 253. The van der Waals surface area contributed by atoms with E-state index in [1.807, 2.05) is 13.2 Å². The summed E-state index contributed by atoms with van der Waals surface area (Å²) in [6, 6.07) is 0. The Morgan fingerprint density at radius 2 is 2.29 bits per heavy atom. The molecule has 0 amide bonds. The smallest absolute Gasteiger partial charge is 0.122 e. The molecule has 0 spiro atoms. The van der Waals surface area contributed by atoms with Crippen LogP contribution in [0.25, 0.3) is 0 Å². The lowest BCUT2D eigenvalue weighted by Gasteiger charge is -2.08. The van der Waals surface area contributed by atoms with Gasteiger partial charge in [0.2, 0.25) is 0 Å². The maximum atomic E-state index is 4.30. The fourth-order valence-corrected chi connectivity index (χ4v) is 1.54. The summed E-state index contributed by atoms with van der Waals surface area (Å²) < 4.78 is 2.24. The number of aryl methyl sites for hydroxylation is 1. The third kappa shape index (κ3) is 3.50. The zero-order chi connectivity index (χ0) is 10.4. The molecule has 0 atom stereocenters. The van der Waals surface area contributed by atoms with Crippen LogP contribution < -0.4 is 5.32 Å². The number of hydrogen-bond donors (Lipinski definition) is 1. The molecule has 0 aliphatic rings. The third-order valence-corrected chi connectivity index (χ3v) is 2.32. The number of aromatic nitrogens is 2. The first-order valence-corrected chi connectivity index (χ1v) is 5.38. The van der Waals surface area contributed by atoms with Crippen molar-refractivity contribution in [1.82, 2.24) is 14.9 Å². The maximum absolute atomic E-state index is 4.30. The van der Waals surface area contributed by atoms with Crippen LogP contribution in [0, 0.1) is 5.92 Å². The average Bonchev–Trinajstić information content (AvgIpc) is 2.53. The Kier molecular flexibility index (Phi) is 4.66. The largest absolute Gasteiger partial charge is 0.334 e. The molecule has 1 heterocycles. The van der Waals surface area contributed by atoms with Crippen molar-refractivity contribution in [2.45, 2.75) is 39.8 Å². The van der Waals surface area contributed by atoms with Crippen LogP contribution in [0.5, 0.6) is 0 Å². The fourth-order valence-electron chi connectivity index (χ4n) is 1.54. The highest BCUT2D eigenvalue weighted by molar-refractivity contribution is 4.91. The van der Waals surface area contributed by atoms with E-state index in [1.165, 1.54) is 12.8 Å². The minimum atomic E-state index is 0.797. The molecule has 0 aliphatic carbocycles. The van der Waals surface area contributed by atoms with E-state index in [-0.39, 0.29) is 0 Å². The minimum Gasteiger partial charge on any atom is -0.334 e. The molecule has 1 aromatic rings. The molecular formula is C11H21N3. The zero-order valence-electron chi connectivity index (χ0n) is 9.45. The standard InChI is InChI=1S/C11H21N3/c1-10(2)5-4-7-14-8-6-13-11(14)9-12-3/h6,8,10,12H,4-5,7,9H2,1-3H3. The number of nitrogens with zero attached hydrogens (tertiary/aromatic N) is 2. The summed E-state index contributed by atoms with van der Waals surface area (Å²) in [5, 5.41) is 3.13. The predicted octanol–water partition coefficient (Wildman–Crippen LogP) is 2.04. The minimum absolute atomic E-state index is 0.797. The summed E-state index contributed by atoms with van der Waals surface area (Å²) in [6.45, 7) is 6.48. The van der Waals surface area contributed by atoms with E-state index in [0.717, 1.165) is 24.8 Å². The predicted molar refractivity (Wildman–Crippen MR) is 59.1 cm³/mol. The van der Waals surface area contributed by atoms with Crippen molar-refractivity contribution in [2.24, 2.45) is 5.92 Å². The molecule has 0 saturated heterocycles. The molecular weight excluding hydrogens is 174 g/mol. The van der Waals surface area contributed by atoms with Gasteiger partial charge in [0.25, 0.3) is 0 Å². The zero-order valence-corrected chi connectivity index (χ0v) is 9.45. The Morgan fingerprint density at radius 3 is 2.93 bits per heavy atom. The molecule has 1 rings (SSSR count). The first-order chi connectivity index (χ1) is 6.74. The molecule has 3 nitrogen and oxygen atoms in total. The van der Waals surface area contributed by atoms with Crippen molar-refractivity contribution in [3.63, 3.8) is 0 Å². The maximum Gasteiger partial charge on any atom is 0.122 e. The Balaban J connectivity index is 2.37. The number of nitrogens with one attached hydrogen (secondary N) is 1. The van der Waals surface area contributed by atoms with Gasteiger partial charge in [-0.3, -0.25) is 0 Å². The molecule has 0 aliphatic heterocycles. The van der Waals surface area contributed by atoms with Gasteiger partial charge in [-0.2, -0.15) is 0 Å². The van der Waals surface area contributed by atoms with Crippen LogP contribution >= 0.6 is 0 Å². The second-order valence-electron chi connectivity index (χ2n) is 4.10. The highest BCUT2D eigenvalue weighted by atomic mass is 15.1. The van der Waals surface area contributed by atoms with Crippen molar-refractivity contribution in [3.8, 4) is 0 Å². The summed E-state index contributed by atoms with van der Waals surface area (Å²) in [7, 11) is 1.95. The molecule has 0 aromatic carbocycles.